The lowest BCUT2D eigenvalue weighted by molar-refractivity contribution is -0.145. The van der Waals surface area contributed by atoms with Crippen molar-refractivity contribution in [2.24, 2.45) is 5.73 Å². The van der Waals surface area contributed by atoms with Crippen molar-refractivity contribution in [2.75, 3.05) is 13.2 Å². The van der Waals surface area contributed by atoms with Crippen LogP contribution in [0.5, 0.6) is 0 Å². The van der Waals surface area contributed by atoms with Crippen LogP contribution in [0.1, 0.15) is 26.2 Å². The summed E-state index contributed by atoms with van der Waals surface area (Å²) < 4.78 is 10.2. The Morgan fingerprint density at radius 1 is 1.71 bits per heavy atom. The van der Waals surface area contributed by atoms with Crippen molar-refractivity contribution in [3.05, 3.63) is 0 Å². The minimum absolute atomic E-state index is 0. The average Bonchev–Trinajstić information content (AvgIpc) is 2.57. The standard InChI is InChI=1S/C9H17NO3.ClH/c1-2-12-9(11)8(10)6-7-4-3-5-13-7;/h7-8H,2-6,10H2,1H3;1H/t7-,8?;/m0./s1. The molecule has 0 bridgehead atoms. The topological polar surface area (TPSA) is 61.5 Å². The van der Waals surface area contributed by atoms with Gasteiger partial charge < -0.3 is 15.2 Å². The van der Waals surface area contributed by atoms with Crippen molar-refractivity contribution in [3.63, 3.8) is 0 Å². The van der Waals surface area contributed by atoms with Crippen molar-refractivity contribution < 1.29 is 14.3 Å². The van der Waals surface area contributed by atoms with Crippen LogP contribution in [0.25, 0.3) is 0 Å². The summed E-state index contributed by atoms with van der Waals surface area (Å²) in [6.07, 6.45) is 2.81. The summed E-state index contributed by atoms with van der Waals surface area (Å²) in [5.41, 5.74) is 5.63. The summed E-state index contributed by atoms with van der Waals surface area (Å²) >= 11 is 0. The van der Waals surface area contributed by atoms with Gasteiger partial charge in [0.2, 0.25) is 0 Å². The van der Waals surface area contributed by atoms with Crippen LogP contribution in [0.4, 0.5) is 0 Å². The molecule has 0 aliphatic carbocycles. The third-order valence-corrected chi connectivity index (χ3v) is 2.13. The summed E-state index contributed by atoms with van der Waals surface area (Å²) in [7, 11) is 0. The van der Waals surface area contributed by atoms with Crippen molar-refractivity contribution in [2.45, 2.75) is 38.3 Å². The van der Waals surface area contributed by atoms with E-state index in [0.29, 0.717) is 13.0 Å². The van der Waals surface area contributed by atoms with Crippen LogP contribution in [-0.4, -0.2) is 31.3 Å². The van der Waals surface area contributed by atoms with Crippen LogP contribution in [0.2, 0.25) is 0 Å². The molecular weight excluding hydrogens is 206 g/mol. The van der Waals surface area contributed by atoms with Crippen molar-refractivity contribution >= 4 is 18.4 Å². The van der Waals surface area contributed by atoms with Gasteiger partial charge in [0, 0.05) is 6.61 Å². The van der Waals surface area contributed by atoms with Gasteiger partial charge in [0.25, 0.3) is 0 Å². The van der Waals surface area contributed by atoms with Crippen LogP contribution < -0.4 is 5.73 Å². The molecule has 0 spiro atoms. The van der Waals surface area contributed by atoms with E-state index >= 15 is 0 Å². The zero-order chi connectivity index (χ0) is 9.68. The van der Waals surface area contributed by atoms with E-state index in [4.69, 9.17) is 15.2 Å². The van der Waals surface area contributed by atoms with Crippen LogP contribution in [0, 0.1) is 0 Å². The Labute approximate surface area is 90.5 Å². The molecule has 2 atom stereocenters. The predicted molar refractivity (Wildman–Crippen MR) is 55.4 cm³/mol. The molecule has 1 rings (SSSR count). The minimum Gasteiger partial charge on any atom is -0.465 e. The Morgan fingerprint density at radius 3 is 2.93 bits per heavy atom. The number of rotatable bonds is 4. The number of carbonyl (C=O) groups excluding carboxylic acids is 1. The second-order valence-electron chi connectivity index (χ2n) is 3.23. The Bertz CT molecular complexity index is 171. The van der Waals surface area contributed by atoms with E-state index in [2.05, 4.69) is 0 Å². The van der Waals surface area contributed by atoms with Gasteiger partial charge in [0.05, 0.1) is 12.7 Å². The summed E-state index contributed by atoms with van der Waals surface area (Å²) in [4.78, 5) is 11.1. The van der Waals surface area contributed by atoms with Gasteiger partial charge in [-0.3, -0.25) is 4.79 Å². The lowest BCUT2D eigenvalue weighted by Crippen LogP contribution is -2.35. The molecule has 4 nitrogen and oxygen atoms in total. The second kappa shape index (κ2) is 7.04. The maximum absolute atomic E-state index is 11.1. The lowest BCUT2D eigenvalue weighted by atomic mass is 10.1. The zero-order valence-electron chi connectivity index (χ0n) is 8.40. The van der Waals surface area contributed by atoms with Crippen molar-refractivity contribution in [1.29, 1.82) is 0 Å². The lowest BCUT2D eigenvalue weighted by Gasteiger charge is -2.14. The number of hydrogen-bond donors (Lipinski definition) is 1. The zero-order valence-corrected chi connectivity index (χ0v) is 9.22. The highest BCUT2D eigenvalue weighted by Gasteiger charge is 2.23. The highest BCUT2D eigenvalue weighted by Crippen LogP contribution is 2.16. The number of halogens is 1. The molecule has 1 heterocycles. The molecule has 1 aliphatic rings. The monoisotopic (exact) mass is 223 g/mol. The van der Waals surface area contributed by atoms with Gasteiger partial charge in [-0.05, 0) is 26.2 Å². The molecule has 1 unspecified atom stereocenters. The van der Waals surface area contributed by atoms with E-state index < -0.39 is 6.04 Å². The molecule has 5 heteroatoms. The summed E-state index contributed by atoms with van der Waals surface area (Å²) in [5, 5.41) is 0. The number of hydrogen-bond acceptors (Lipinski definition) is 4. The molecule has 2 N–H and O–H groups in total. The first-order valence-corrected chi connectivity index (χ1v) is 4.78. The fraction of sp³-hybridized carbons (Fsp3) is 0.889. The SMILES string of the molecule is CCOC(=O)C(N)C[C@@H]1CCCO1.Cl. The number of esters is 1. The molecule has 0 amide bonds. The molecular formula is C9H18ClNO3. The van der Waals surface area contributed by atoms with Gasteiger partial charge >= 0.3 is 5.97 Å². The van der Waals surface area contributed by atoms with Crippen LogP contribution >= 0.6 is 12.4 Å². The third kappa shape index (κ3) is 4.26. The minimum atomic E-state index is -0.525. The molecule has 1 aliphatic heterocycles. The highest BCUT2D eigenvalue weighted by molar-refractivity contribution is 5.85. The Morgan fingerprint density at radius 2 is 2.43 bits per heavy atom. The summed E-state index contributed by atoms with van der Waals surface area (Å²) in [6.45, 7) is 2.95. The molecule has 0 radical (unpaired) electrons. The molecule has 1 saturated heterocycles. The van der Waals surface area contributed by atoms with Crippen molar-refractivity contribution in [3.8, 4) is 0 Å². The average molecular weight is 224 g/mol. The first-order valence-electron chi connectivity index (χ1n) is 4.78. The van der Waals surface area contributed by atoms with Gasteiger partial charge in [-0.1, -0.05) is 0 Å². The van der Waals surface area contributed by atoms with Gasteiger partial charge in [-0.25, -0.2) is 0 Å². The molecule has 84 valence electrons. The van der Waals surface area contributed by atoms with E-state index in [9.17, 15) is 4.79 Å². The molecule has 0 aromatic carbocycles. The van der Waals surface area contributed by atoms with Crippen LogP contribution in [0.15, 0.2) is 0 Å². The van der Waals surface area contributed by atoms with E-state index in [1.165, 1.54) is 0 Å². The first kappa shape index (κ1) is 13.7. The maximum Gasteiger partial charge on any atom is 0.322 e. The Kier molecular flexibility index (Phi) is 6.87. The highest BCUT2D eigenvalue weighted by atomic mass is 35.5. The maximum atomic E-state index is 11.1. The van der Waals surface area contributed by atoms with Gasteiger partial charge in [0.15, 0.2) is 0 Å². The molecule has 1 fully saturated rings. The Hall–Kier alpha value is -0.320. The van der Waals surface area contributed by atoms with Crippen LogP contribution in [0.3, 0.4) is 0 Å². The quantitative estimate of drug-likeness (QED) is 0.719. The molecule has 0 aromatic rings. The van der Waals surface area contributed by atoms with Crippen LogP contribution in [-0.2, 0) is 14.3 Å². The molecule has 0 aromatic heterocycles. The summed E-state index contributed by atoms with van der Waals surface area (Å²) in [5.74, 6) is -0.321. The smallest absolute Gasteiger partial charge is 0.322 e. The van der Waals surface area contributed by atoms with E-state index in [1.807, 2.05) is 0 Å². The number of carbonyl (C=O) groups is 1. The molecule has 14 heavy (non-hydrogen) atoms. The van der Waals surface area contributed by atoms with E-state index in [0.717, 1.165) is 19.4 Å². The predicted octanol–water partition coefficient (Wildman–Crippen LogP) is 0.868. The Balaban J connectivity index is 0.00000169. The number of ether oxygens (including phenoxy) is 2. The summed E-state index contributed by atoms with van der Waals surface area (Å²) in [6, 6.07) is -0.525. The first-order chi connectivity index (χ1) is 6.24. The van der Waals surface area contributed by atoms with Gasteiger partial charge in [0.1, 0.15) is 6.04 Å². The van der Waals surface area contributed by atoms with Gasteiger partial charge in [-0.2, -0.15) is 0 Å². The fourth-order valence-corrected chi connectivity index (χ4v) is 1.46. The number of nitrogens with two attached hydrogens (primary N) is 1. The molecule has 0 saturated carbocycles. The van der Waals surface area contributed by atoms with E-state index in [-0.39, 0.29) is 24.5 Å². The largest absolute Gasteiger partial charge is 0.465 e. The van der Waals surface area contributed by atoms with Gasteiger partial charge in [-0.15, -0.1) is 12.4 Å². The normalized spacial score (nSPS) is 22.6. The van der Waals surface area contributed by atoms with Crippen molar-refractivity contribution in [1.82, 2.24) is 0 Å². The van der Waals surface area contributed by atoms with E-state index in [1.54, 1.807) is 6.92 Å². The fourth-order valence-electron chi connectivity index (χ4n) is 1.46. The second-order valence-corrected chi connectivity index (χ2v) is 3.23. The third-order valence-electron chi connectivity index (χ3n) is 2.13.